The van der Waals surface area contributed by atoms with E-state index in [1.54, 1.807) is 0 Å². The van der Waals surface area contributed by atoms with Gasteiger partial charge in [0.1, 0.15) is 0 Å². The third-order valence-electron chi connectivity index (χ3n) is 1.88. The maximum Gasteiger partial charge on any atom is 0.347 e. The molecule has 19 heavy (non-hydrogen) atoms. The largest absolute Gasteiger partial charge is 0.463 e. The Labute approximate surface area is 112 Å². The van der Waals surface area contributed by atoms with Crippen LogP contribution in [0.2, 0.25) is 0 Å². The highest BCUT2D eigenvalue weighted by Crippen LogP contribution is 1.97. The minimum absolute atomic E-state index is 0.278. The number of esters is 3. The van der Waals surface area contributed by atoms with Crippen LogP contribution >= 0.6 is 0 Å². The highest BCUT2D eigenvalue weighted by Gasteiger charge is 2.17. The number of carbonyl (C=O) groups is 3. The Morgan fingerprint density at radius 1 is 0.947 bits per heavy atom. The predicted octanol–water partition coefficient (Wildman–Crippen LogP) is 1.38. The summed E-state index contributed by atoms with van der Waals surface area (Å²) < 4.78 is 14.3. The van der Waals surface area contributed by atoms with E-state index < -0.39 is 24.0 Å². The van der Waals surface area contributed by atoms with Gasteiger partial charge in [0.25, 0.3) is 0 Å². The molecule has 0 saturated carbocycles. The zero-order valence-electron chi connectivity index (χ0n) is 11.5. The molecular weight excluding hydrogens is 252 g/mol. The summed E-state index contributed by atoms with van der Waals surface area (Å²) in [6.45, 7) is 5.68. The molecule has 0 rings (SSSR count). The summed E-state index contributed by atoms with van der Waals surface area (Å²) in [5.74, 6) is -2.04. The van der Waals surface area contributed by atoms with E-state index in [1.165, 1.54) is 6.92 Å². The van der Waals surface area contributed by atoms with Crippen molar-refractivity contribution in [1.29, 1.82) is 0 Å². The van der Waals surface area contributed by atoms with Gasteiger partial charge in [0.05, 0.1) is 13.2 Å². The number of hydrogen-bond acceptors (Lipinski definition) is 6. The standard InChI is InChI=1S/C13H20O6/c1-4-8-17-11(14)6-7-12(15)19-10(3)13(16)18-9-5-2/h6-7,10H,4-5,8-9H2,1-3H3/b7-6+. The van der Waals surface area contributed by atoms with E-state index in [1.807, 2.05) is 13.8 Å². The van der Waals surface area contributed by atoms with Crippen molar-refractivity contribution in [2.24, 2.45) is 0 Å². The number of hydrogen-bond donors (Lipinski definition) is 0. The molecule has 0 radical (unpaired) electrons. The fraction of sp³-hybridized carbons (Fsp3) is 0.615. The van der Waals surface area contributed by atoms with Crippen LogP contribution in [-0.2, 0) is 28.6 Å². The normalized spacial score (nSPS) is 11.9. The Morgan fingerprint density at radius 2 is 1.47 bits per heavy atom. The second kappa shape index (κ2) is 10.1. The van der Waals surface area contributed by atoms with Crippen molar-refractivity contribution < 1.29 is 28.6 Å². The quantitative estimate of drug-likeness (QED) is 0.377. The highest BCUT2D eigenvalue weighted by molar-refractivity contribution is 5.92. The van der Waals surface area contributed by atoms with Gasteiger partial charge >= 0.3 is 17.9 Å². The molecule has 0 aromatic carbocycles. The van der Waals surface area contributed by atoms with Gasteiger partial charge in [-0.05, 0) is 19.8 Å². The van der Waals surface area contributed by atoms with Crippen LogP contribution in [0, 0.1) is 0 Å². The highest BCUT2D eigenvalue weighted by atomic mass is 16.6. The molecular formula is C13H20O6. The third kappa shape index (κ3) is 8.82. The molecule has 6 nitrogen and oxygen atoms in total. The lowest BCUT2D eigenvalue weighted by Crippen LogP contribution is -2.25. The van der Waals surface area contributed by atoms with Gasteiger partial charge in [-0.1, -0.05) is 13.8 Å². The number of carbonyl (C=O) groups excluding carboxylic acids is 3. The van der Waals surface area contributed by atoms with Crippen LogP contribution in [0.25, 0.3) is 0 Å². The molecule has 0 amide bonds. The molecule has 0 aromatic rings. The maximum atomic E-state index is 11.3. The Balaban J connectivity index is 4.05. The first-order chi connectivity index (χ1) is 9.01. The summed E-state index contributed by atoms with van der Waals surface area (Å²) in [4.78, 5) is 33.6. The van der Waals surface area contributed by atoms with Gasteiger partial charge in [-0.25, -0.2) is 14.4 Å². The smallest absolute Gasteiger partial charge is 0.347 e. The lowest BCUT2D eigenvalue weighted by Gasteiger charge is -2.10. The molecule has 6 heteroatoms. The molecule has 0 aromatic heterocycles. The van der Waals surface area contributed by atoms with Gasteiger partial charge in [-0.2, -0.15) is 0 Å². The summed E-state index contributed by atoms with van der Waals surface area (Å²) in [6.07, 6.45) is 2.26. The van der Waals surface area contributed by atoms with Crippen molar-refractivity contribution in [3.05, 3.63) is 12.2 Å². The number of ether oxygens (including phenoxy) is 3. The Morgan fingerprint density at radius 3 is 2.05 bits per heavy atom. The van der Waals surface area contributed by atoms with Crippen LogP contribution in [0.4, 0.5) is 0 Å². The molecule has 0 heterocycles. The van der Waals surface area contributed by atoms with Crippen molar-refractivity contribution in [3.8, 4) is 0 Å². The monoisotopic (exact) mass is 272 g/mol. The summed E-state index contributed by atoms with van der Waals surface area (Å²) >= 11 is 0. The van der Waals surface area contributed by atoms with E-state index in [0.29, 0.717) is 12.8 Å². The second-order valence-corrected chi connectivity index (χ2v) is 3.75. The van der Waals surface area contributed by atoms with Gasteiger partial charge in [-0.3, -0.25) is 0 Å². The lowest BCUT2D eigenvalue weighted by atomic mass is 10.4. The first-order valence-electron chi connectivity index (χ1n) is 6.23. The second-order valence-electron chi connectivity index (χ2n) is 3.75. The summed E-state index contributed by atoms with van der Waals surface area (Å²) in [5.41, 5.74) is 0. The minimum Gasteiger partial charge on any atom is -0.463 e. The Hall–Kier alpha value is -1.85. The summed E-state index contributed by atoms with van der Waals surface area (Å²) in [7, 11) is 0. The van der Waals surface area contributed by atoms with Gasteiger partial charge in [0.15, 0.2) is 6.10 Å². The third-order valence-corrected chi connectivity index (χ3v) is 1.88. The molecule has 1 atom stereocenters. The van der Waals surface area contributed by atoms with Crippen LogP contribution < -0.4 is 0 Å². The molecule has 0 spiro atoms. The van der Waals surface area contributed by atoms with Crippen molar-refractivity contribution in [2.75, 3.05) is 13.2 Å². The Kier molecular flexibility index (Phi) is 9.12. The topological polar surface area (TPSA) is 78.9 Å². The molecule has 0 bridgehead atoms. The molecule has 0 aliphatic carbocycles. The minimum atomic E-state index is -1.00. The molecule has 0 saturated heterocycles. The summed E-state index contributed by atoms with van der Waals surface area (Å²) in [6, 6.07) is 0. The van der Waals surface area contributed by atoms with Gasteiger partial charge in [-0.15, -0.1) is 0 Å². The van der Waals surface area contributed by atoms with E-state index in [4.69, 9.17) is 14.2 Å². The van der Waals surface area contributed by atoms with Gasteiger partial charge in [0, 0.05) is 12.2 Å². The molecule has 108 valence electrons. The van der Waals surface area contributed by atoms with Crippen LogP contribution in [0.1, 0.15) is 33.6 Å². The van der Waals surface area contributed by atoms with E-state index in [-0.39, 0.29) is 13.2 Å². The van der Waals surface area contributed by atoms with Crippen LogP contribution in [0.5, 0.6) is 0 Å². The molecule has 0 N–H and O–H groups in total. The van der Waals surface area contributed by atoms with Crippen molar-refractivity contribution in [1.82, 2.24) is 0 Å². The van der Waals surface area contributed by atoms with Crippen molar-refractivity contribution in [2.45, 2.75) is 39.7 Å². The Bertz CT molecular complexity index is 334. The average Bonchev–Trinajstić information content (AvgIpc) is 2.39. The zero-order chi connectivity index (χ0) is 14.7. The van der Waals surface area contributed by atoms with Crippen molar-refractivity contribution in [3.63, 3.8) is 0 Å². The van der Waals surface area contributed by atoms with Crippen LogP contribution in [0.15, 0.2) is 12.2 Å². The molecule has 0 fully saturated rings. The lowest BCUT2D eigenvalue weighted by molar-refractivity contribution is -0.163. The van der Waals surface area contributed by atoms with Crippen molar-refractivity contribution >= 4 is 17.9 Å². The van der Waals surface area contributed by atoms with Gasteiger partial charge in [0.2, 0.25) is 0 Å². The maximum absolute atomic E-state index is 11.3. The fourth-order valence-corrected chi connectivity index (χ4v) is 0.968. The average molecular weight is 272 g/mol. The van der Waals surface area contributed by atoms with E-state index in [0.717, 1.165) is 12.2 Å². The summed E-state index contributed by atoms with van der Waals surface area (Å²) in [5, 5.41) is 0. The zero-order valence-corrected chi connectivity index (χ0v) is 11.5. The van der Waals surface area contributed by atoms with Crippen LogP contribution in [0.3, 0.4) is 0 Å². The van der Waals surface area contributed by atoms with Gasteiger partial charge < -0.3 is 14.2 Å². The van der Waals surface area contributed by atoms with Crippen LogP contribution in [-0.4, -0.2) is 37.2 Å². The fourth-order valence-electron chi connectivity index (χ4n) is 0.968. The number of rotatable bonds is 8. The molecule has 0 aliphatic rings. The first kappa shape index (κ1) is 17.2. The first-order valence-corrected chi connectivity index (χ1v) is 6.23. The van der Waals surface area contributed by atoms with E-state index in [2.05, 4.69) is 0 Å². The molecule has 1 unspecified atom stereocenters. The van der Waals surface area contributed by atoms with E-state index >= 15 is 0 Å². The van der Waals surface area contributed by atoms with E-state index in [9.17, 15) is 14.4 Å². The molecule has 0 aliphatic heterocycles. The predicted molar refractivity (Wildman–Crippen MR) is 67.2 cm³/mol. The SMILES string of the molecule is CCCOC(=O)/C=C/C(=O)OC(C)C(=O)OCCC.